The fourth-order valence-electron chi connectivity index (χ4n) is 3.08. The van der Waals surface area contributed by atoms with Crippen LogP contribution in [0.15, 0.2) is 24.3 Å². The van der Waals surface area contributed by atoms with Gasteiger partial charge in [-0.05, 0) is 25.5 Å². The number of carbonyl (C=O) groups is 1. The minimum absolute atomic E-state index is 0.0460. The molecule has 114 valence electrons. The number of para-hydroxylation sites is 1. The summed E-state index contributed by atoms with van der Waals surface area (Å²) in [5, 5.41) is 3.25. The fraction of sp³-hybridized carbons (Fsp3) is 0.562. The number of nitrogens with zero attached hydrogens (tertiary/aromatic N) is 1. The predicted molar refractivity (Wildman–Crippen MR) is 80.4 cm³/mol. The van der Waals surface area contributed by atoms with E-state index in [1.807, 2.05) is 36.1 Å². The molecule has 0 aliphatic carbocycles. The molecule has 21 heavy (non-hydrogen) atoms. The number of benzene rings is 1. The summed E-state index contributed by atoms with van der Waals surface area (Å²) in [5.74, 6) is -0.522. The Morgan fingerprint density at radius 2 is 2.10 bits per heavy atom. The Bertz CT molecular complexity index is 512. The maximum absolute atomic E-state index is 12.8. The van der Waals surface area contributed by atoms with Crippen molar-refractivity contribution in [1.29, 1.82) is 0 Å². The van der Waals surface area contributed by atoms with Crippen molar-refractivity contribution in [2.24, 2.45) is 0 Å². The highest BCUT2D eigenvalue weighted by molar-refractivity contribution is 5.99. The zero-order valence-electron chi connectivity index (χ0n) is 12.4. The molecule has 1 aromatic carbocycles. The number of hydrogen-bond acceptors (Lipinski definition) is 4. The molecule has 5 nitrogen and oxygen atoms in total. The number of carbonyl (C=O) groups excluding carboxylic acids is 1. The molecule has 1 spiro atoms. The number of rotatable bonds is 3. The average molecular weight is 290 g/mol. The number of piperidine rings is 1. The van der Waals surface area contributed by atoms with Gasteiger partial charge in [-0.25, -0.2) is 0 Å². The molecule has 0 radical (unpaired) electrons. The first-order valence-corrected chi connectivity index (χ1v) is 7.64. The number of amides is 1. The number of anilines is 1. The molecular formula is C16H22N2O3. The van der Waals surface area contributed by atoms with Crippen LogP contribution < -0.4 is 5.32 Å². The summed E-state index contributed by atoms with van der Waals surface area (Å²) in [6, 6.07) is 7.66. The van der Waals surface area contributed by atoms with Crippen molar-refractivity contribution in [3.63, 3.8) is 0 Å². The third-order valence-electron chi connectivity index (χ3n) is 4.04. The summed E-state index contributed by atoms with van der Waals surface area (Å²) in [5.41, 5.74) is 1.60. The van der Waals surface area contributed by atoms with Gasteiger partial charge in [-0.3, -0.25) is 4.79 Å². The molecule has 3 rings (SSSR count). The van der Waals surface area contributed by atoms with Gasteiger partial charge in [0.05, 0.1) is 25.3 Å². The number of hydrogen-bond donors (Lipinski definition) is 1. The monoisotopic (exact) mass is 290 g/mol. The third-order valence-corrected chi connectivity index (χ3v) is 4.04. The lowest BCUT2D eigenvalue weighted by molar-refractivity contribution is -0.183. The Hall–Kier alpha value is -1.59. The first kappa shape index (κ1) is 14.4. The molecule has 0 bridgehead atoms. The molecule has 2 saturated heterocycles. The lowest BCUT2D eigenvalue weighted by Crippen LogP contribution is -2.51. The largest absolute Gasteiger partial charge is 0.385 e. The van der Waals surface area contributed by atoms with E-state index in [1.165, 1.54) is 0 Å². The van der Waals surface area contributed by atoms with E-state index < -0.39 is 5.79 Å². The fourth-order valence-corrected chi connectivity index (χ4v) is 3.08. The van der Waals surface area contributed by atoms with Gasteiger partial charge in [0.2, 0.25) is 0 Å². The number of ether oxygens (including phenoxy) is 2. The smallest absolute Gasteiger partial charge is 0.256 e. The summed E-state index contributed by atoms with van der Waals surface area (Å²) in [4.78, 5) is 14.7. The van der Waals surface area contributed by atoms with Crippen LogP contribution in [0.5, 0.6) is 0 Å². The van der Waals surface area contributed by atoms with Gasteiger partial charge in [0.15, 0.2) is 5.79 Å². The molecule has 1 N–H and O–H groups in total. The van der Waals surface area contributed by atoms with Crippen molar-refractivity contribution in [2.45, 2.75) is 25.6 Å². The van der Waals surface area contributed by atoms with Crippen molar-refractivity contribution >= 4 is 11.6 Å². The Morgan fingerprint density at radius 1 is 1.33 bits per heavy atom. The van der Waals surface area contributed by atoms with Crippen LogP contribution in [0.4, 0.5) is 5.69 Å². The van der Waals surface area contributed by atoms with Crippen LogP contribution in [0, 0.1) is 0 Å². The summed E-state index contributed by atoms with van der Waals surface area (Å²) in [6.45, 7) is 5.34. The molecule has 0 atom stereocenters. The normalized spacial score (nSPS) is 20.7. The van der Waals surface area contributed by atoms with Crippen molar-refractivity contribution in [3.8, 4) is 0 Å². The van der Waals surface area contributed by atoms with Gasteiger partial charge < -0.3 is 19.7 Å². The standard InChI is InChI=1S/C16H22N2O3/c1-2-17-14-7-4-3-6-13(14)15(19)18-9-5-8-16(12-18)20-10-11-21-16/h3-4,6-7,17H,2,5,8-12H2,1H3. The Labute approximate surface area is 125 Å². The van der Waals surface area contributed by atoms with E-state index in [2.05, 4.69) is 5.32 Å². The van der Waals surface area contributed by atoms with Crippen molar-refractivity contribution < 1.29 is 14.3 Å². The van der Waals surface area contributed by atoms with Gasteiger partial charge in [-0.15, -0.1) is 0 Å². The van der Waals surface area contributed by atoms with Crippen LogP contribution in [0.1, 0.15) is 30.1 Å². The SMILES string of the molecule is CCNc1ccccc1C(=O)N1CCCC2(C1)OCCO2. The van der Waals surface area contributed by atoms with E-state index >= 15 is 0 Å². The number of likely N-dealkylation sites (tertiary alicyclic amines) is 1. The highest BCUT2D eigenvalue weighted by Crippen LogP contribution is 2.31. The molecule has 0 aromatic heterocycles. The summed E-state index contributed by atoms with van der Waals surface area (Å²) < 4.78 is 11.5. The third kappa shape index (κ3) is 2.89. The summed E-state index contributed by atoms with van der Waals surface area (Å²) in [6.07, 6.45) is 1.78. The van der Waals surface area contributed by atoms with Gasteiger partial charge >= 0.3 is 0 Å². The maximum Gasteiger partial charge on any atom is 0.256 e. The Morgan fingerprint density at radius 3 is 2.86 bits per heavy atom. The highest BCUT2D eigenvalue weighted by Gasteiger charge is 2.42. The van der Waals surface area contributed by atoms with Crippen LogP contribution in [-0.2, 0) is 9.47 Å². The van der Waals surface area contributed by atoms with Gasteiger partial charge in [-0.1, -0.05) is 12.1 Å². The number of nitrogens with one attached hydrogen (secondary N) is 1. The molecule has 2 aliphatic heterocycles. The van der Waals surface area contributed by atoms with Crippen LogP contribution >= 0.6 is 0 Å². The molecular weight excluding hydrogens is 268 g/mol. The van der Waals surface area contributed by atoms with Crippen LogP contribution in [0.25, 0.3) is 0 Å². The minimum atomic E-state index is -0.568. The topological polar surface area (TPSA) is 50.8 Å². The van der Waals surface area contributed by atoms with Crippen molar-refractivity contribution in [2.75, 3.05) is 38.2 Å². The van der Waals surface area contributed by atoms with Crippen LogP contribution in [-0.4, -0.2) is 49.4 Å². The molecule has 2 heterocycles. The first-order chi connectivity index (χ1) is 10.2. The van der Waals surface area contributed by atoms with E-state index in [4.69, 9.17) is 9.47 Å². The van der Waals surface area contributed by atoms with E-state index in [-0.39, 0.29) is 5.91 Å². The molecule has 0 unspecified atom stereocenters. The van der Waals surface area contributed by atoms with E-state index in [0.29, 0.717) is 19.8 Å². The van der Waals surface area contributed by atoms with Crippen LogP contribution in [0.3, 0.4) is 0 Å². The molecule has 1 aromatic rings. The van der Waals surface area contributed by atoms with Gasteiger partial charge in [0.1, 0.15) is 0 Å². The van der Waals surface area contributed by atoms with Crippen molar-refractivity contribution in [3.05, 3.63) is 29.8 Å². The highest BCUT2D eigenvalue weighted by atomic mass is 16.7. The zero-order chi connectivity index (χ0) is 14.7. The van der Waals surface area contributed by atoms with Gasteiger partial charge in [0.25, 0.3) is 5.91 Å². The van der Waals surface area contributed by atoms with Crippen molar-refractivity contribution in [1.82, 2.24) is 4.90 Å². The van der Waals surface area contributed by atoms with Gasteiger partial charge in [-0.2, -0.15) is 0 Å². The Kier molecular flexibility index (Phi) is 4.12. The summed E-state index contributed by atoms with van der Waals surface area (Å²) >= 11 is 0. The molecule has 2 fully saturated rings. The second kappa shape index (κ2) is 6.03. The van der Waals surface area contributed by atoms with Crippen LogP contribution in [0.2, 0.25) is 0 Å². The molecule has 1 amide bonds. The molecule has 5 heteroatoms. The zero-order valence-corrected chi connectivity index (χ0v) is 12.4. The minimum Gasteiger partial charge on any atom is -0.385 e. The lowest BCUT2D eigenvalue weighted by atomic mass is 10.0. The Balaban J connectivity index is 1.78. The van der Waals surface area contributed by atoms with Gasteiger partial charge in [0, 0.05) is 25.2 Å². The first-order valence-electron chi connectivity index (χ1n) is 7.64. The maximum atomic E-state index is 12.8. The second-order valence-electron chi connectivity index (χ2n) is 5.51. The summed E-state index contributed by atoms with van der Waals surface area (Å²) in [7, 11) is 0. The second-order valence-corrected chi connectivity index (χ2v) is 5.51. The molecule has 0 saturated carbocycles. The molecule has 2 aliphatic rings. The average Bonchev–Trinajstić information content (AvgIpc) is 2.95. The van der Waals surface area contributed by atoms with E-state index in [0.717, 1.165) is 37.2 Å². The predicted octanol–water partition coefficient (Wildman–Crippen LogP) is 2.10. The lowest BCUT2D eigenvalue weighted by Gasteiger charge is -2.38. The van der Waals surface area contributed by atoms with E-state index in [9.17, 15) is 4.79 Å². The van der Waals surface area contributed by atoms with E-state index in [1.54, 1.807) is 0 Å². The quantitative estimate of drug-likeness (QED) is 0.926.